The van der Waals surface area contributed by atoms with Gasteiger partial charge in [-0.05, 0) is 12.1 Å². The van der Waals surface area contributed by atoms with Gasteiger partial charge in [-0.3, -0.25) is 4.79 Å². The number of hydrogen-bond donors (Lipinski definition) is 1. The molecule has 2 nitrogen and oxygen atoms in total. The number of carbonyl (C=O) groups excluding carboxylic acids is 1. The highest BCUT2D eigenvalue weighted by Crippen LogP contribution is 2.65. The highest BCUT2D eigenvalue weighted by molar-refractivity contribution is 5.93. The summed E-state index contributed by atoms with van der Waals surface area (Å²) in [6.07, 6.45) is -7.80. The van der Waals surface area contributed by atoms with E-state index in [2.05, 4.69) is 0 Å². The third-order valence-electron chi connectivity index (χ3n) is 4.46. The minimum absolute atomic E-state index is 0.223. The predicted molar refractivity (Wildman–Crippen MR) is 79.5 cm³/mol. The van der Waals surface area contributed by atoms with Crippen molar-refractivity contribution in [3.63, 3.8) is 0 Å². The summed E-state index contributed by atoms with van der Waals surface area (Å²) in [6, 6.07) is -0.0866. The van der Waals surface area contributed by atoms with Gasteiger partial charge in [0, 0.05) is 18.2 Å². The van der Waals surface area contributed by atoms with E-state index >= 15 is 0 Å². The highest BCUT2D eigenvalue weighted by atomic mass is 19.4. The Labute approximate surface area is 182 Å². The van der Waals surface area contributed by atoms with Crippen molar-refractivity contribution in [3.05, 3.63) is 35.4 Å². The smallest absolute Gasteiger partial charge is 0.355 e. The Hall–Kier alpha value is -2.50. The van der Waals surface area contributed by atoms with Crippen molar-refractivity contribution in [1.29, 1.82) is 0 Å². The molecule has 0 unspecified atom stereocenters. The molecule has 0 saturated carbocycles. The van der Waals surface area contributed by atoms with Crippen LogP contribution in [0.5, 0.6) is 0 Å². The van der Waals surface area contributed by atoms with Crippen LogP contribution in [0.2, 0.25) is 0 Å². The summed E-state index contributed by atoms with van der Waals surface area (Å²) >= 11 is 0. The summed E-state index contributed by atoms with van der Waals surface area (Å²) in [5.41, 5.74) is -3.01. The zero-order chi connectivity index (χ0) is 28.3. The first kappa shape index (κ1) is 30.5. The van der Waals surface area contributed by atoms with E-state index in [0.717, 1.165) is 7.05 Å². The molecule has 0 saturated heterocycles. The summed E-state index contributed by atoms with van der Waals surface area (Å²) in [6.45, 7) is 0. The van der Waals surface area contributed by atoms with E-state index in [1.807, 2.05) is 5.32 Å². The topological polar surface area (TPSA) is 29.1 Å². The van der Waals surface area contributed by atoms with Crippen molar-refractivity contribution in [2.45, 2.75) is 47.6 Å². The minimum atomic E-state index is -8.68. The predicted octanol–water partition coefficient (Wildman–Crippen LogP) is 6.51. The summed E-state index contributed by atoms with van der Waals surface area (Å²) in [7, 11) is 0.972. The van der Waals surface area contributed by atoms with E-state index in [0.29, 0.717) is 0 Å². The maximum absolute atomic E-state index is 14.1. The van der Waals surface area contributed by atoms with Crippen LogP contribution >= 0.6 is 0 Å². The van der Waals surface area contributed by atoms with Gasteiger partial charge >= 0.3 is 47.6 Å². The van der Waals surface area contributed by atoms with Crippen LogP contribution in [0.15, 0.2) is 24.3 Å². The second-order valence-electron chi connectivity index (χ2n) is 6.67. The van der Waals surface area contributed by atoms with Gasteiger partial charge in [0.25, 0.3) is 5.91 Å². The van der Waals surface area contributed by atoms with Gasteiger partial charge in [0.2, 0.25) is 0 Å². The lowest BCUT2D eigenvalue weighted by Gasteiger charge is -2.42. The standard InChI is InChI=1S/C16H8F17NO/c1-34-8(35)6-2-4-7(5-3-6)9(17,18)10(19,20)11(21,22)12(23,24)13(25,26)14(27,28)15(29,30)16(31,32)33/h2-5H,1H3,(H,34,35). The Kier molecular flexibility index (Phi) is 7.22. The van der Waals surface area contributed by atoms with Crippen LogP contribution in [0.1, 0.15) is 15.9 Å². The molecule has 0 spiro atoms. The number of nitrogens with one attached hydrogen (secondary N) is 1. The van der Waals surface area contributed by atoms with Gasteiger partial charge in [0.15, 0.2) is 0 Å². The molecule has 19 heteroatoms. The van der Waals surface area contributed by atoms with Crippen LogP contribution < -0.4 is 5.32 Å². The Balaban J connectivity index is 3.67. The Bertz CT molecular complexity index is 932. The van der Waals surface area contributed by atoms with E-state index < -0.39 is 64.7 Å². The van der Waals surface area contributed by atoms with E-state index in [9.17, 15) is 79.4 Å². The lowest BCUT2D eigenvalue weighted by Crippen LogP contribution is -2.74. The van der Waals surface area contributed by atoms with E-state index in [-0.39, 0.29) is 24.3 Å². The zero-order valence-corrected chi connectivity index (χ0v) is 16.1. The van der Waals surface area contributed by atoms with Gasteiger partial charge in [0.05, 0.1) is 0 Å². The summed E-state index contributed by atoms with van der Waals surface area (Å²) < 4.78 is 225. The molecule has 0 aliphatic heterocycles. The quantitative estimate of drug-likeness (QED) is 0.366. The van der Waals surface area contributed by atoms with Crippen molar-refractivity contribution >= 4 is 5.91 Å². The fraction of sp³-hybridized carbons (Fsp3) is 0.562. The molecule has 35 heavy (non-hydrogen) atoms. The second-order valence-corrected chi connectivity index (χ2v) is 6.67. The maximum atomic E-state index is 14.1. The Morgan fingerprint density at radius 2 is 0.857 bits per heavy atom. The molecule has 1 N–H and O–H groups in total. The van der Waals surface area contributed by atoms with Crippen molar-refractivity contribution in [3.8, 4) is 0 Å². The third-order valence-corrected chi connectivity index (χ3v) is 4.46. The molecule has 0 atom stereocenters. The fourth-order valence-electron chi connectivity index (χ4n) is 2.32. The molecule has 0 aromatic heterocycles. The minimum Gasteiger partial charge on any atom is -0.355 e. The third kappa shape index (κ3) is 4.03. The van der Waals surface area contributed by atoms with Crippen LogP contribution in [-0.2, 0) is 5.92 Å². The molecule has 0 heterocycles. The molecule has 0 radical (unpaired) electrons. The lowest BCUT2D eigenvalue weighted by molar-refractivity contribution is -0.462. The van der Waals surface area contributed by atoms with Crippen LogP contribution in [0, 0.1) is 0 Å². The number of amides is 1. The van der Waals surface area contributed by atoms with E-state index in [1.54, 1.807) is 0 Å². The molecule has 202 valence electrons. The van der Waals surface area contributed by atoms with Gasteiger partial charge < -0.3 is 5.32 Å². The largest absolute Gasteiger partial charge is 0.460 e. The average Bonchev–Trinajstić information content (AvgIpc) is 2.71. The first-order chi connectivity index (χ1) is 15.2. The molecular formula is C16H8F17NO. The highest BCUT2D eigenvalue weighted by Gasteiger charge is 2.95. The number of rotatable bonds is 8. The molecule has 1 aromatic rings. The normalized spacial score (nSPS) is 15.3. The van der Waals surface area contributed by atoms with Gasteiger partial charge in [-0.25, -0.2) is 0 Å². The number of alkyl halides is 17. The molecule has 0 fully saturated rings. The molecule has 0 aliphatic carbocycles. The first-order valence-corrected chi connectivity index (χ1v) is 8.24. The van der Waals surface area contributed by atoms with Gasteiger partial charge in [0.1, 0.15) is 0 Å². The maximum Gasteiger partial charge on any atom is 0.460 e. The van der Waals surface area contributed by atoms with E-state index in [1.165, 1.54) is 0 Å². The van der Waals surface area contributed by atoms with Gasteiger partial charge in [-0.2, -0.15) is 74.6 Å². The Morgan fingerprint density at radius 3 is 1.17 bits per heavy atom. The number of carbonyl (C=O) groups is 1. The molecular weight excluding hydrogens is 545 g/mol. The molecule has 1 amide bonds. The van der Waals surface area contributed by atoms with Crippen molar-refractivity contribution < 1.29 is 79.4 Å². The fourth-order valence-corrected chi connectivity index (χ4v) is 2.32. The summed E-state index contributed by atoms with van der Waals surface area (Å²) in [5.74, 6) is -58.0. The van der Waals surface area contributed by atoms with Crippen molar-refractivity contribution in [2.75, 3.05) is 7.05 Å². The van der Waals surface area contributed by atoms with Crippen LogP contribution in [0.4, 0.5) is 74.6 Å². The van der Waals surface area contributed by atoms with Crippen molar-refractivity contribution in [1.82, 2.24) is 5.32 Å². The lowest BCUT2D eigenvalue weighted by atomic mass is 9.87. The first-order valence-electron chi connectivity index (χ1n) is 8.24. The van der Waals surface area contributed by atoms with Crippen molar-refractivity contribution in [2.24, 2.45) is 0 Å². The number of hydrogen-bond acceptors (Lipinski definition) is 1. The number of benzene rings is 1. The molecule has 1 rings (SSSR count). The zero-order valence-electron chi connectivity index (χ0n) is 16.1. The van der Waals surface area contributed by atoms with Gasteiger partial charge in [-0.1, -0.05) is 12.1 Å². The Morgan fingerprint density at radius 1 is 0.543 bits per heavy atom. The summed E-state index contributed by atoms with van der Waals surface area (Å²) in [4.78, 5) is 11.3. The van der Waals surface area contributed by atoms with Crippen LogP contribution in [-0.4, -0.2) is 54.7 Å². The van der Waals surface area contributed by atoms with Crippen LogP contribution in [0.3, 0.4) is 0 Å². The number of halogens is 17. The summed E-state index contributed by atoms with van der Waals surface area (Å²) in [5, 5.41) is 1.88. The molecule has 0 bridgehead atoms. The monoisotopic (exact) mass is 553 g/mol. The second kappa shape index (κ2) is 8.28. The average molecular weight is 553 g/mol. The molecule has 0 aliphatic rings. The van der Waals surface area contributed by atoms with Gasteiger partial charge in [-0.15, -0.1) is 0 Å². The van der Waals surface area contributed by atoms with Crippen LogP contribution in [0.25, 0.3) is 0 Å². The molecule has 1 aromatic carbocycles. The SMILES string of the molecule is CNC(=O)c1ccc(C(F)(F)C(F)(F)C(F)(F)C(F)(F)C(F)(F)C(F)(F)C(F)(F)C(F)(F)F)cc1. The van der Waals surface area contributed by atoms with E-state index in [4.69, 9.17) is 0 Å².